The van der Waals surface area contributed by atoms with Crippen molar-refractivity contribution >= 4 is 5.69 Å². The Morgan fingerprint density at radius 3 is 2.78 bits per heavy atom. The number of likely N-dealkylation sites (N-methyl/N-ethyl adjacent to an activating group) is 1. The number of nitrogens with zero attached hydrogens (tertiary/aromatic N) is 3. The molecular formula is C15H18N4O4. The molecule has 1 aliphatic heterocycles. The Morgan fingerprint density at radius 1 is 1.35 bits per heavy atom. The van der Waals surface area contributed by atoms with Crippen molar-refractivity contribution < 1.29 is 14.4 Å². The summed E-state index contributed by atoms with van der Waals surface area (Å²) in [7, 11) is 4.88. The third kappa shape index (κ3) is 2.61. The van der Waals surface area contributed by atoms with Gasteiger partial charge in [0, 0.05) is 42.4 Å². The topological polar surface area (TPSA) is 93.5 Å². The number of benzene rings is 1. The normalized spacial score (nSPS) is 14.4. The molecule has 2 heterocycles. The van der Waals surface area contributed by atoms with Crippen LogP contribution in [0.1, 0.15) is 11.3 Å². The van der Waals surface area contributed by atoms with Crippen LogP contribution < -0.4 is 9.47 Å². The zero-order chi connectivity index (χ0) is 16.6. The minimum atomic E-state index is -0.476. The molecule has 0 amide bonds. The van der Waals surface area contributed by atoms with Crippen LogP contribution in [0, 0.1) is 10.1 Å². The van der Waals surface area contributed by atoms with Gasteiger partial charge in [-0.3, -0.25) is 15.2 Å². The molecule has 0 radical (unpaired) electrons. The molecule has 8 heteroatoms. The number of hydrogen-bond acceptors (Lipinski definition) is 6. The summed E-state index contributed by atoms with van der Waals surface area (Å²) in [4.78, 5) is 13.1. The van der Waals surface area contributed by atoms with Gasteiger partial charge in [-0.15, -0.1) is 0 Å². The molecule has 0 unspecified atom stereocenters. The van der Waals surface area contributed by atoms with Crippen LogP contribution in [0.2, 0.25) is 0 Å². The monoisotopic (exact) mass is 318 g/mol. The molecule has 1 aliphatic rings. The SMILES string of the molecule is COc1cc(-c2n[nH]c3c2CN(C)CC3)cc([N+](=O)[O-])c1OC. The van der Waals surface area contributed by atoms with Gasteiger partial charge in [-0.05, 0) is 13.1 Å². The lowest BCUT2D eigenvalue weighted by atomic mass is 10.0. The van der Waals surface area contributed by atoms with Gasteiger partial charge in [0.1, 0.15) is 0 Å². The number of hydrogen-bond donors (Lipinski definition) is 1. The summed E-state index contributed by atoms with van der Waals surface area (Å²) in [6, 6.07) is 3.20. The summed E-state index contributed by atoms with van der Waals surface area (Å²) in [5.74, 6) is 0.431. The van der Waals surface area contributed by atoms with E-state index in [0.29, 0.717) is 11.3 Å². The molecule has 0 aliphatic carbocycles. The highest BCUT2D eigenvalue weighted by Gasteiger charge is 2.26. The van der Waals surface area contributed by atoms with Crippen LogP contribution in [0.5, 0.6) is 11.5 Å². The number of H-pyrrole nitrogens is 1. The van der Waals surface area contributed by atoms with Crippen LogP contribution in [-0.4, -0.2) is 47.8 Å². The van der Waals surface area contributed by atoms with Gasteiger partial charge in [0.15, 0.2) is 5.75 Å². The first kappa shape index (κ1) is 15.3. The molecule has 0 bridgehead atoms. The first-order valence-corrected chi connectivity index (χ1v) is 7.20. The van der Waals surface area contributed by atoms with Crippen LogP contribution >= 0.6 is 0 Å². The zero-order valence-corrected chi connectivity index (χ0v) is 13.3. The van der Waals surface area contributed by atoms with Crippen molar-refractivity contribution in [2.24, 2.45) is 0 Å². The average Bonchev–Trinajstić information content (AvgIpc) is 2.96. The molecule has 2 aromatic rings. The number of ether oxygens (including phenoxy) is 2. The molecule has 122 valence electrons. The van der Waals surface area contributed by atoms with E-state index in [0.717, 1.165) is 36.5 Å². The van der Waals surface area contributed by atoms with Gasteiger partial charge in [0.05, 0.1) is 24.8 Å². The van der Waals surface area contributed by atoms with Crippen LogP contribution in [0.4, 0.5) is 5.69 Å². The molecule has 8 nitrogen and oxygen atoms in total. The van der Waals surface area contributed by atoms with Gasteiger partial charge in [-0.2, -0.15) is 5.10 Å². The van der Waals surface area contributed by atoms with Crippen molar-refractivity contribution in [1.29, 1.82) is 0 Å². The second kappa shape index (κ2) is 5.88. The van der Waals surface area contributed by atoms with E-state index in [9.17, 15) is 10.1 Å². The van der Waals surface area contributed by atoms with E-state index in [-0.39, 0.29) is 11.4 Å². The van der Waals surface area contributed by atoms with Crippen molar-refractivity contribution in [2.45, 2.75) is 13.0 Å². The Labute approximate surface area is 133 Å². The molecule has 3 rings (SSSR count). The smallest absolute Gasteiger partial charge is 0.315 e. The summed E-state index contributed by atoms with van der Waals surface area (Å²) >= 11 is 0. The van der Waals surface area contributed by atoms with E-state index in [2.05, 4.69) is 15.1 Å². The molecule has 1 aromatic heterocycles. The standard InChI is InChI=1S/C15H18N4O4/c1-18-5-4-11-10(8-18)14(17-16-11)9-6-12(19(20)21)15(23-3)13(7-9)22-2/h6-7H,4-5,8H2,1-3H3,(H,16,17). The minimum Gasteiger partial charge on any atom is -0.493 e. The number of aromatic amines is 1. The second-order valence-electron chi connectivity index (χ2n) is 5.51. The molecule has 1 aromatic carbocycles. The molecule has 1 N–H and O–H groups in total. The van der Waals surface area contributed by atoms with E-state index >= 15 is 0 Å². The number of nitrogens with one attached hydrogen (secondary N) is 1. The average molecular weight is 318 g/mol. The first-order chi connectivity index (χ1) is 11.0. The van der Waals surface area contributed by atoms with Crippen molar-refractivity contribution in [3.8, 4) is 22.8 Å². The Balaban J connectivity index is 2.16. The molecule has 0 spiro atoms. The number of methoxy groups -OCH3 is 2. The Bertz CT molecular complexity index is 756. The van der Waals surface area contributed by atoms with Gasteiger partial charge < -0.3 is 14.4 Å². The van der Waals surface area contributed by atoms with Gasteiger partial charge in [-0.1, -0.05) is 0 Å². The Kier molecular flexibility index (Phi) is 3.91. The highest BCUT2D eigenvalue weighted by molar-refractivity contribution is 5.73. The summed E-state index contributed by atoms with van der Waals surface area (Å²) in [6.07, 6.45) is 0.883. The second-order valence-corrected chi connectivity index (χ2v) is 5.51. The predicted octanol–water partition coefficient (Wildman–Crippen LogP) is 1.99. The van der Waals surface area contributed by atoms with Gasteiger partial charge in [-0.25, -0.2) is 0 Å². The van der Waals surface area contributed by atoms with Crippen LogP contribution in [-0.2, 0) is 13.0 Å². The van der Waals surface area contributed by atoms with Crippen molar-refractivity contribution in [2.75, 3.05) is 27.8 Å². The maximum atomic E-state index is 11.3. The molecule has 0 saturated heterocycles. The van der Waals surface area contributed by atoms with Crippen LogP contribution in [0.25, 0.3) is 11.3 Å². The van der Waals surface area contributed by atoms with Crippen molar-refractivity contribution in [3.05, 3.63) is 33.5 Å². The van der Waals surface area contributed by atoms with E-state index in [1.807, 2.05) is 7.05 Å². The van der Waals surface area contributed by atoms with Crippen molar-refractivity contribution in [1.82, 2.24) is 15.1 Å². The van der Waals surface area contributed by atoms with Gasteiger partial charge in [0.25, 0.3) is 0 Å². The number of aromatic nitrogens is 2. The molecular weight excluding hydrogens is 300 g/mol. The number of rotatable bonds is 4. The Morgan fingerprint density at radius 2 is 2.13 bits per heavy atom. The van der Waals surface area contributed by atoms with Gasteiger partial charge in [0.2, 0.25) is 5.75 Å². The van der Waals surface area contributed by atoms with Gasteiger partial charge >= 0.3 is 5.69 Å². The van der Waals surface area contributed by atoms with E-state index in [1.54, 1.807) is 6.07 Å². The summed E-state index contributed by atoms with van der Waals surface area (Å²) in [5, 5.41) is 18.7. The lowest BCUT2D eigenvalue weighted by molar-refractivity contribution is -0.385. The maximum absolute atomic E-state index is 11.3. The largest absolute Gasteiger partial charge is 0.493 e. The van der Waals surface area contributed by atoms with Crippen LogP contribution in [0.15, 0.2) is 12.1 Å². The highest BCUT2D eigenvalue weighted by atomic mass is 16.6. The fourth-order valence-electron chi connectivity index (χ4n) is 2.89. The molecule has 0 atom stereocenters. The predicted molar refractivity (Wildman–Crippen MR) is 83.8 cm³/mol. The molecule has 23 heavy (non-hydrogen) atoms. The molecule has 0 saturated carbocycles. The number of fused-ring (bicyclic) bond motifs is 1. The highest BCUT2D eigenvalue weighted by Crippen LogP contribution is 2.41. The van der Waals surface area contributed by atoms with Crippen molar-refractivity contribution in [3.63, 3.8) is 0 Å². The summed E-state index contributed by atoms with van der Waals surface area (Å²) < 4.78 is 10.4. The van der Waals surface area contributed by atoms with E-state index in [1.165, 1.54) is 20.3 Å². The molecule has 0 fully saturated rings. The zero-order valence-electron chi connectivity index (χ0n) is 13.3. The Hall–Kier alpha value is -2.61. The number of nitro benzene ring substituents is 1. The maximum Gasteiger partial charge on any atom is 0.315 e. The third-order valence-electron chi connectivity index (χ3n) is 4.05. The fourth-order valence-corrected chi connectivity index (χ4v) is 2.89. The van der Waals surface area contributed by atoms with E-state index in [4.69, 9.17) is 9.47 Å². The third-order valence-corrected chi connectivity index (χ3v) is 4.05. The van der Waals surface area contributed by atoms with E-state index < -0.39 is 4.92 Å². The quantitative estimate of drug-likeness (QED) is 0.684. The van der Waals surface area contributed by atoms with Crippen LogP contribution in [0.3, 0.4) is 0 Å². The minimum absolute atomic E-state index is 0.114. The number of nitro groups is 1. The summed E-state index contributed by atoms with van der Waals surface area (Å²) in [6.45, 7) is 1.71. The first-order valence-electron chi connectivity index (χ1n) is 7.20. The fraction of sp³-hybridized carbons (Fsp3) is 0.400. The summed E-state index contributed by atoms with van der Waals surface area (Å²) in [5.41, 5.74) is 3.37. The lowest BCUT2D eigenvalue weighted by Gasteiger charge is -2.22. The lowest BCUT2D eigenvalue weighted by Crippen LogP contribution is -2.26.